The van der Waals surface area contributed by atoms with E-state index in [-0.39, 0.29) is 17.5 Å². The minimum Gasteiger partial charge on any atom is -0.372 e. The highest BCUT2D eigenvalue weighted by molar-refractivity contribution is 6.31. The van der Waals surface area contributed by atoms with Crippen LogP contribution in [-0.4, -0.2) is 31.4 Å². The maximum atomic E-state index is 13.2. The number of hydrogen-bond acceptors (Lipinski definition) is 3. The third kappa shape index (κ3) is 3.14. The molecule has 0 aliphatic carbocycles. The van der Waals surface area contributed by atoms with Gasteiger partial charge >= 0.3 is 0 Å². The fraction of sp³-hybridized carbons (Fsp3) is 0.600. The SMILES string of the molecule is Fc1ccc(Cl)c(COC2COC3(CCNCC3)C2)c1. The minimum atomic E-state index is -0.287. The van der Waals surface area contributed by atoms with Gasteiger partial charge in [-0.1, -0.05) is 11.6 Å². The molecule has 0 bridgehead atoms. The van der Waals surface area contributed by atoms with E-state index in [0.717, 1.165) is 32.4 Å². The lowest BCUT2D eigenvalue weighted by Crippen LogP contribution is -2.41. The van der Waals surface area contributed by atoms with Crippen molar-refractivity contribution in [2.75, 3.05) is 19.7 Å². The highest BCUT2D eigenvalue weighted by Crippen LogP contribution is 2.35. The quantitative estimate of drug-likeness (QED) is 0.931. The van der Waals surface area contributed by atoms with Crippen LogP contribution in [0.4, 0.5) is 4.39 Å². The van der Waals surface area contributed by atoms with Crippen molar-refractivity contribution in [3.63, 3.8) is 0 Å². The number of ether oxygens (including phenoxy) is 2. The van der Waals surface area contributed by atoms with Gasteiger partial charge < -0.3 is 14.8 Å². The van der Waals surface area contributed by atoms with Gasteiger partial charge in [-0.25, -0.2) is 4.39 Å². The summed E-state index contributed by atoms with van der Waals surface area (Å²) >= 11 is 6.04. The molecule has 1 aromatic carbocycles. The number of hydrogen-bond donors (Lipinski definition) is 1. The Balaban J connectivity index is 1.56. The van der Waals surface area contributed by atoms with Gasteiger partial charge in [-0.2, -0.15) is 0 Å². The predicted molar refractivity (Wildman–Crippen MR) is 75.4 cm³/mol. The zero-order valence-corrected chi connectivity index (χ0v) is 12.1. The maximum Gasteiger partial charge on any atom is 0.123 e. The molecule has 2 aliphatic heterocycles. The molecular formula is C15H19ClFNO2. The molecule has 1 N–H and O–H groups in total. The molecular weight excluding hydrogens is 281 g/mol. The molecule has 3 nitrogen and oxygen atoms in total. The van der Waals surface area contributed by atoms with Gasteiger partial charge in [0.15, 0.2) is 0 Å². The van der Waals surface area contributed by atoms with Crippen molar-refractivity contribution in [2.45, 2.75) is 37.6 Å². The molecule has 0 amide bonds. The van der Waals surface area contributed by atoms with Crippen LogP contribution >= 0.6 is 11.6 Å². The van der Waals surface area contributed by atoms with Crippen LogP contribution in [0.2, 0.25) is 5.02 Å². The van der Waals surface area contributed by atoms with E-state index in [1.165, 1.54) is 12.1 Å². The van der Waals surface area contributed by atoms with Crippen molar-refractivity contribution >= 4 is 11.6 Å². The average molecular weight is 300 g/mol. The van der Waals surface area contributed by atoms with Crippen molar-refractivity contribution < 1.29 is 13.9 Å². The van der Waals surface area contributed by atoms with E-state index in [1.807, 2.05) is 0 Å². The van der Waals surface area contributed by atoms with Gasteiger partial charge in [0.2, 0.25) is 0 Å². The van der Waals surface area contributed by atoms with Crippen molar-refractivity contribution in [2.24, 2.45) is 0 Å². The third-order valence-electron chi connectivity index (χ3n) is 4.17. The Morgan fingerprint density at radius 3 is 3.00 bits per heavy atom. The summed E-state index contributed by atoms with van der Waals surface area (Å²) in [4.78, 5) is 0. The Kier molecular flexibility index (Phi) is 4.26. The summed E-state index contributed by atoms with van der Waals surface area (Å²) in [5, 5.41) is 3.89. The molecule has 2 heterocycles. The average Bonchev–Trinajstić information content (AvgIpc) is 2.84. The first-order chi connectivity index (χ1) is 9.67. The van der Waals surface area contributed by atoms with Crippen LogP contribution < -0.4 is 5.32 Å². The fourth-order valence-corrected chi connectivity index (χ4v) is 3.17. The summed E-state index contributed by atoms with van der Waals surface area (Å²) in [5.41, 5.74) is 0.680. The highest BCUT2D eigenvalue weighted by Gasteiger charge is 2.41. The molecule has 2 fully saturated rings. The van der Waals surface area contributed by atoms with Crippen LogP contribution in [0.25, 0.3) is 0 Å². The number of rotatable bonds is 3. The monoisotopic (exact) mass is 299 g/mol. The number of piperidine rings is 1. The van der Waals surface area contributed by atoms with Crippen LogP contribution in [0, 0.1) is 5.82 Å². The van der Waals surface area contributed by atoms with Crippen LogP contribution in [-0.2, 0) is 16.1 Å². The molecule has 1 aromatic rings. The highest BCUT2D eigenvalue weighted by atomic mass is 35.5. The molecule has 5 heteroatoms. The van der Waals surface area contributed by atoms with Crippen LogP contribution in [0.1, 0.15) is 24.8 Å². The summed E-state index contributed by atoms with van der Waals surface area (Å²) in [5.74, 6) is -0.287. The van der Waals surface area contributed by atoms with Crippen LogP contribution in [0.3, 0.4) is 0 Å². The Bertz CT molecular complexity index is 477. The maximum absolute atomic E-state index is 13.2. The molecule has 0 saturated carbocycles. The first-order valence-electron chi connectivity index (χ1n) is 7.07. The van der Waals surface area contributed by atoms with Crippen molar-refractivity contribution in [3.05, 3.63) is 34.6 Å². The first-order valence-corrected chi connectivity index (χ1v) is 7.45. The third-order valence-corrected chi connectivity index (χ3v) is 4.54. The molecule has 3 rings (SSSR count). The van der Waals surface area contributed by atoms with Crippen molar-refractivity contribution in [1.29, 1.82) is 0 Å². The van der Waals surface area contributed by atoms with E-state index in [0.29, 0.717) is 23.8 Å². The normalized spacial score (nSPS) is 25.2. The van der Waals surface area contributed by atoms with Gasteiger partial charge in [-0.05, 0) is 49.7 Å². The summed E-state index contributed by atoms with van der Waals surface area (Å²) < 4.78 is 25.0. The van der Waals surface area contributed by atoms with Gasteiger partial charge in [0.1, 0.15) is 5.82 Å². The molecule has 1 spiro atoms. The van der Waals surface area contributed by atoms with Gasteiger partial charge in [0.25, 0.3) is 0 Å². The largest absolute Gasteiger partial charge is 0.372 e. The molecule has 110 valence electrons. The number of halogens is 2. The Hall–Kier alpha value is -0.680. The van der Waals surface area contributed by atoms with Gasteiger partial charge in [0, 0.05) is 11.4 Å². The zero-order valence-electron chi connectivity index (χ0n) is 11.3. The van der Waals surface area contributed by atoms with Crippen molar-refractivity contribution in [1.82, 2.24) is 5.32 Å². The molecule has 1 unspecified atom stereocenters. The first kappa shape index (κ1) is 14.3. The van der Waals surface area contributed by atoms with E-state index in [9.17, 15) is 4.39 Å². The van der Waals surface area contributed by atoms with Crippen molar-refractivity contribution in [3.8, 4) is 0 Å². The lowest BCUT2D eigenvalue weighted by Gasteiger charge is -2.32. The Labute approximate surface area is 123 Å². The molecule has 1 atom stereocenters. The molecule has 2 saturated heterocycles. The summed E-state index contributed by atoms with van der Waals surface area (Å²) in [6.07, 6.45) is 3.07. The van der Waals surface area contributed by atoms with E-state index in [2.05, 4.69) is 5.32 Å². The lowest BCUT2D eigenvalue weighted by atomic mass is 9.89. The zero-order chi connectivity index (χ0) is 14.0. The standard InChI is InChI=1S/C15H19ClFNO2/c16-14-2-1-12(17)7-11(14)9-19-13-8-15(20-10-13)3-5-18-6-4-15/h1-2,7,13,18H,3-6,8-10H2. The second kappa shape index (κ2) is 5.98. The second-order valence-corrected chi connectivity index (χ2v) is 6.02. The van der Waals surface area contributed by atoms with E-state index in [4.69, 9.17) is 21.1 Å². The van der Waals surface area contributed by atoms with Gasteiger partial charge in [0.05, 0.1) is 24.9 Å². The summed E-state index contributed by atoms with van der Waals surface area (Å²) in [7, 11) is 0. The number of benzene rings is 1. The second-order valence-electron chi connectivity index (χ2n) is 5.62. The van der Waals surface area contributed by atoms with E-state index >= 15 is 0 Å². The molecule has 0 aromatic heterocycles. The van der Waals surface area contributed by atoms with Crippen LogP contribution in [0.5, 0.6) is 0 Å². The smallest absolute Gasteiger partial charge is 0.123 e. The minimum absolute atomic E-state index is 0.0123. The predicted octanol–water partition coefficient (Wildman–Crippen LogP) is 2.91. The van der Waals surface area contributed by atoms with E-state index < -0.39 is 0 Å². The van der Waals surface area contributed by atoms with Gasteiger partial charge in [-0.3, -0.25) is 0 Å². The number of nitrogens with one attached hydrogen (secondary N) is 1. The lowest BCUT2D eigenvalue weighted by molar-refractivity contribution is -0.0240. The topological polar surface area (TPSA) is 30.5 Å². The molecule has 2 aliphatic rings. The fourth-order valence-electron chi connectivity index (χ4n) is 3.00. The Morgan fingerprint density at radius 2 is 2.20 bits per heavy atom. The molecule has 0 radical (unpaired) electrons. The van der Waals surface area contributed by atoms with Gasteiger partial charge in [-0.15, -0.1) is 0 Å². The van der Waals surface area contributed by atoms with E-state index in [1.54, 1.807) is 6.07 Å². The Morgan fingerprint density at radius 1 is 1.40 bits per heavy atom. The molecule has 20 heavy (non-hydrogen) atoms. The summed E-state index contributed by atoms with van der Waals surface area (Å²) in [6.45, 7) is 2.96. The summed E-state index contributed by atoms with van der Waals surface area (Å²) in [6, 6.07) is 4.35. The van der Waals surface area contributed by atoms with Crippen LogP contribution in [0.15, 0.2) is 18.2 Å².